The van der Waals surface area contributed by atoms with Gasteiger partial charge in [0.25, 0.3) is 0 Å². The molecule has 0 bridgehead atoms. The van der Waals surface area contributed by atoms with Crippen molar-refractivity contribution < 1.29 is 12.4 Å². The summed E-state index contributed by atoms with van der Waals surface area (Å²) in [7, 11) is 0. The van der Waals surface area contributed by atoms with Crippen molar-refractivity contribution in [2.75, 3.05) is 0 Å². The number of rotatable bonds is 0. The van der Waals surface area contributed by atoms with Gasteiger partial charge in [0.05, 0.1) is 0 Å². The topological polar surface area (TPSA) is 60.7 Å². The molecular weight excluding hydrogens is 121 g/mol. The molecule has 0 rings (SSSR count). The summed E-state index contributed by atoms with van der Waals surface area (Å²) in [5.41, 5.74) is 0. The Hall–Kier alpha value is 0.423. The molecule has 0 aliphatic rings. The third-order valence-corrected chi connectivity index (χ3v) is 0. The number of hydrogen-bond acceptors (Lipinski definition) is 3. The minimum atomic E-state index is -3.48. The van der Waals surface area contributed by atoms with Crippen LogP contribution in [0, 0.1) is 0 Å². The van der Waals surface area contributed by atoms with Gasteiger partial charge in [0, 0.05) is 0 Å². The molecule has 0 saturated carbocycles. The van der Waals surface area contributed by atoms with Gasteiger partial charge < -0.3 is 0 Å². The fourth-order valence-corrected chi connectivity index (χ4v) is 0. The summed E-state index contributed by atoms with van der Waals surface area (Å²) >= 11 is -3.48. The molecule has 0 amide bonds. The molecule has 0 saturated heterocycles. The Morgan fingerprint density at radius 3 is 1.00 bits per heavy atom. The van der Waals surface area contributed by atoms with Crippen LogP contribution in [-0.2, 0) is 0 Å². The van der Waals surface area contributed by atoms with E-state index in [1.807, 2.05) is 0 Å². The Kier molecular flexibility index (Phi) is 1.90. The van der Waals surface area contributed by atoms with Gasteiger partial charge in [-0.15, -0.1) is 0 Å². The van der Waals surface area contributed by atoms with E-state index >= 15 is 0 Å². The van der Waals surface area contributed by atoms with Gasteiger partial charge in [-0.25, -0.2) is 0 Å². The van der Waals surface area contributed by atoms with Crippen LogP contribution >= 0.6 is 0 Å². The van der Waals surface area contributed by atoms with Crippen molar-refractivity contribution in [3.05, 3.63) is 0 Å². The second-order valence-corrected chi connectivity index (χ2v) is 1.80. The number of hydrogen-bond donors (Lipinski definition) is 3. The third kappa shape index (κ3) is 27.4. The molecule has 4 heavy (non-hydrogen) atoms. The average molecular weight is 125 g/mol. The molecule has 0 aromatic heterocycles. The van der Waals surface area contributed by atoms with E-state index in [0.29, 0.717) is 0 Å². The monoisotopic (exact) mass is 126 g/mol. The molecule has 0 radical (unpaired) electrons. The molecule has 0 aliphatic carbocycles. The first-order chi connectivity index (χ1) is 1.73. The van der Waals surface area contributed by atoms with Crippen LogP contribution in [0.25, 0.3) is 0 Å². The van der Waals surface area contributed by atoms with Crippen LogP contribution < -0.4 is 0 Å². The zero-order valence-corrected chi connectivity index (χ0v) is 4.34. The van der Waals surface area contributed by atoms with Crippen molar-refractivity contribution in [3.63, 3.8) is 0 Å². The molecular formula is H4GeO3. The first kappa shape index (κ1) is 4.42. The summed E-state index contributed by atoms with van der Waals surface area (Å²) in [6.07, 6.45) is 0. The summed E-state index contributed by atoms with van der Waals surface area (Å²) in [6.45, 7) is 0. The van der Waals surface area contributed by atoms with E-state index < -0.39 is 15.4 Å². The van der Waals surface area contributed by atoms with Crippen LogP contribution in [-0.4, -0.2) is 27.8 Å². The summed E-state index contributed by atoms with van der Waals surface area (Å²) in [5.74, 6) is 0. The molecule has 0 atom stereocenters. The standard InChI is InChI=1S/GeH4O3/c2-1(3)4/h1-4H. The Morgan fingerprint density at radius 1 is 1.00 bits per heavy atom. The van der Waals surface area contributed by atoms with Crippen molar-refractivity contribution in [1.82, 2.24) is 0 Å². The molecule has 0 aromatic carbocycles. The molecule has 3 N–H and O–H groups in total. The molecule has 3 nitrogen and oxygen atoms in total. The predicted molar refractivity (Wildman–Crippen MR) is 13.8 cm³/mol. The van der Waals surface area contributed by atoms with Gasteiger partial charge in [-0.3, -0.25) is 0 Å². The second kappa shape index (κ2) is 1.72. The van der Waals surface area contributed by atoms with Crippen molar-refractivity contribution in [2.45, 2.75) is 0 Å². The van der Waals surface area contributed by atoms with Gasteiger partial charge >= 0.3 is 27.8 Å². The first-order valence-corrected chi connectivity index (χ1v) is 4.02. The van der Waals surface area contributed by atoms with E-state index in [1.165, 1.54) is 0 Å². The van der Waals surface area contributed by atoms with E-state index in [4.69, 9.17) is 12.4 Å². The zero-order chi connectivity index (χ0) is 3.58. The van der Waals surface area contributed by atoms with Gasteiger partial charge in [0.2, 0.25) is 0 Å². The van der Waals surface area contributed by atoms with E-state index in [2.05, 4.69) is 0 Å². The van der Waals surface area contributed by atoms with Gasteiger partial charge in [0.1, 0.15) is 0 Å². The molecule has 4 heteroatoms. The summed E-state index contributed by atoms with van der Waals surface area (Å²) in [6, 6.07) is 0. The van der Waals surface area contributed by atoms with Gasteiger partial charge in [-0.1, -0.05) is 0 Å². The van der Waals surface area contributed by atoms with Crippen molar-refractivity contribution in [3.8, 4) is 0 Å². The predicted octanol–water partition coefficient (Wildman–Crippen LogP) is -2.32. The van der Waals surface area contributed by atoms with E-state index in [0.717, 1.165) is 0 Å². The molecule has 0 aliphatic heterocycles. The maximum atomic E-state index is 7.35. The average Bonchev–Trinajstić information content (AvgIpc) is 0.811. The van der Waals surface area contributed by atoms with Gasteiger partial charge in [0.15, 0.2) is 0 Å². The minimum absolute atomic E-state index is 3.48. The fraction of sp³-hybridized carbons (Fsp3) is 0. The SMILES string of the molecule is [OH][GeH]([OH])[OH]. The van der Waals surface area contributed by atoms with Crippen molar-refractivity contribution >= 4 is 15.4 Å². The molecule has 0 spiro atoms. The maximum absolute atomic E-state index is 7.35. The third-order valence-electron chi connectivity index (χ3n) is 0. The summed E-state index contributed by atoms with van der Waals surface area (Å²) in [4.78, 5) is 0. The first-order valence-electron chi connectivity index (χ1n) is 0.775. The molecule has 0 fully saturated rings. The zero-order valence-electron chi connectivity index (χ0n) is 1.92. The van der Waals surface area contributed by atoms with Crippen LogP contribution in [0.5, 0.6) is 0 Å². The fourth-order valence-electron chi connectivity index (χ4n) is 0. The van der Waals surface area contributed by atoms with Crippen LogP contribution in [0.1, 0.15) is 0 Å². The van der Waals surface area contributed by atoms with E-state index in [1.54, 1.807) is 0 Å². The Bertz CT molecular complexity index is 8.00. The van der Waals surface area contributed by atoms with Crippen LogP contribution in [0.15, 0.2) is 0 Å². The van der Waals surface area contributed by atoms with E-state index in [-0.39, 0.29) is 0 Å². The normalized spacial score (nSPS) is 9.00. The quantitative estimate of drug-likeness (QED) is 0.318. The van der Waals surface area contributed by atoms with Crippen LogP contribution in [0.3, 0.4) is 0 Å². The van der Waals surface area contributed by atoms with Crippen LogP contribution in [0.2, 0.25) is 0 Å². The summed E-state index contributed by atoms with van der Waals surface area (Å²) in [5, 5.41) is 0. The molecule has 0 unspecified atom stereocenters. The van der Waals surface area contributed by atoms with Gasteiger partial charge in [-0.05, 0) is 0 Å². The van der Waals surface area contributed by atoms with E-state index in [9.17, 15) is 0 Å². The molecule has 0 heterocycles. The van der Waals surface area contributed by atoms with Crippen molar-refractivity contribution in [1.29, 1.82) is 0 Å². The second-order valence-electron chi connectivity index (χ2n) is 0.346. The Morgan fingerprint density at radius 2 is 1.00 bits per heavy atom. The molecule has 26 valence electrons. The van der Waals surface area contributed by atoms with Crippen LogP contribution in [0.4, 0.5) is 0 Å². The Labute approximate surface area is 28.6 Å². The summed E-state index contributed by atoms with van der Waals surface area (Å²) < 4.78 is 22.1. The Balaban J connectivity index is 2.32. The van der Waals surface area contributed by atoms with Gasteiger partial charge in [-0.2, -0.15) is 0 Å². The molecule has 0 aromatic rings. The van der Waals surface area contributed by atoms with Crippen molar-refractivity contribution in [2.24, 2.45) is 0 Å².